The van der Waals surface area contributed by atoms with Crippen LogP contribution in [0, 0.1) is 0 Å². The van der Waals surface area contributed by atoms with Gasteiger partial charge in [-0.15, -0.1) is 10.2 Å². The van der Waals surface area contributed by atoms with Crippen LogP contribution in [0.25, 0.3) is 11.6 Å². The molecule has 0 atom stereocenters. The van der Waals surface area contributed by atoms with Crippen LogP contribution in [0.15, 0.2) is 76.6 Å². The van der Waals surface area contributed by atoms with Crippen LogP contribution < -0.4 is 10.1 Å². The number of methoxy groups -OCH3 is 1. The molecule has 1 N–H and O–H groups in total. The molecule has 1 amide bonds. The van der Waals surface area contributed by atoms with Crippen LogP contribution in [0.5, 0.6) is 5.88 Å². The molecule has 33 heavy (non-hydrogen) atoms. The van der Waals surface area contributed by atoms with Crippen molar-refractivity contribution in [3.8, 4) is 17.5 Å². The third-order valence-corrected chi connectivity index (χ3v) is 5.51. The summed E-state index contributed by atoms with van der Waals surface area (Å²) in [5.74, 6) is 1.49. The number of thioether (sulfide) groups is 1. The number of amides is 1. The average molecular weight is 466 g/mol. The van der Waals surface area contributed by atoms with Crippen molar-refractivity contribution in [2.75, 3.05) is 31.4 Å². The first-order valence-corrected chi connectivity index (χ1v) is 11.2. The smallest absolute Gasteiger partial charge is 0.237 e. The van der Waals surface area contributed by atoms with E-state index in [1.165, 1.54) is 11.8 Å². The Morgan fingerprint density at radius 2 is 1.97 bits per heavy atom. The highest BCUT2D eigenvalue weighted by atomic mass is 32.2. The van der Waals surface area contributed by atoms with E-state index in [2.05, 4.69) is 20.5 Å². The van der Waals surface area contributed by atoms with Gasteiger partial charge in [0, 0.05) is 13.3 Å². The van der Waals surface area contributed by atoms with Gasteiger partial charge in [0.05, 0.1) is 25.2 Å². The summed E-state index contributed by atoms with van der Waals surface area (Å²) in [6.45, 7) is 1.31. The van der Waals surface area contributed by atoms with Crippen molar-refractivity contribution >= 4 is 23.4 Å². The van der Waals surface area contributed by atoms with Crippen LogP contribution in [-0.2, 0) is 16.1 Å². The predicted molar refractivity (Wildman–Crippen MR) is 124 cm³/mol. The summed E-state index contributed by atoms with van der Waals surface area (Å²) >= 11 is 1.29. The number of benzene rings is 1. The topological polar surface area (TPSA) is 104 Å². The third-order valence-electron chi connectivity index (χ3n) is 4.55. The SMILES string of the molecule is COCCOc1ncccc1NC(=O)CSc1nnc(-c2ccco2)n1Cc1ccccc1. The van der Waals surface area contributed by atoms with Crippen LogP contribution in [0.1, 0.15) is 5.56 Å². The number of ether oxygens (including phenoxy) is 2. The maximum atomic E-state index is 12.7. The van der Waals surface area contributed by atoms with E-state index in [4.69, 9.17) is 13.9 Å². The zero-order valence-corrected chi connectivity index (χ0v) is 18.8. The normalized spacial score (nSPS) is 10.8. The zero-order chi connectivity index (χ0) is 22.9. The maximum absolute atomic E-state index is 12.7. The molecule has 170 valence electrons. The first kappa shape index (κ1) is 22.6. The Bertz CT molecular complexity index is 1160. The number of nitrogens with zero attached hydrogens (tertiary/aromatic N) is 4. The molecule has 4 aromatic rings. The standard InChI is InChI=1S/C23H23N5O4S/c1-30-13-14-32-22-18(9-5-11-24-22)25-20(29)16-33-23-27-26-21(19-10-6-12-31-19)28(23)15-17-7-3-2-4-8-17/h2-12H,13-16H2,1H3,(H,25,29). The monoisotopic (exact) mass is 465 g/mol. The lowest BCUT2D eigenvalue weighted by Gasteiger charge is -2.11. The van der Waals surface area contributed by atoms with Crippen molar-refractivity contribution in [2.24, 2.45) is 0 Å². The molecular weight excluding hydrogens is 442 g/mol. The predicted octanol–water partition coefficient (Wildman–Crippen LogP) is 3.74. The van der Waals surface area contributed by atoms with Gasteiger partial charge in [0.2, 0.25) is 17.6 Å². The largest absolute Gasteiger partial charge is 0.474 e. The Hall–Kier alpha value is -3.63. The second-order valence-corrected chi connectivity index (χ2v) is 7.83. The minimum Gasteiger partial charge on any atom is -0.474 e. The van der Waals surface area contributed by atoms with Gasteiger partial charge >= 0.3 is 0 Å². The van der Waals surface area contributed by atoms with E-state index in [0.29, 0.717) is 48.1 Å². The minimum absolute atomic E-state index is 0.136. The molecule has 0 saturated heterocycles. The van der Waals surface area contributed by atoms with Gasteiger partial charge in [-0.1, -0.05) is 42.1 Å². The lowest BCUT2D eigenvalue weighted by molar-refractivity contribution is -0.113. The van der Waals surface area contributed by atoms with Gasteiger partial charge in [0.15, 0.2) is 10.9 Å². The van der Waals surface area contributed by atoms with Crippen molar-refractivity contribution in [2.45, 2.75) is 11.7 Å². The van der Waals surface area contributed by atoms with E-state index in [0.717, 1.165) is 5.56 Å². The van der Waals surface area contributed by atoms with Crippen molar-refractivity contribution < 1.29 is 18.7 Å². The first-order chi connectivity index (χ1) is 16.2. The molecule has 0 fully saturated rings. The molecule has 0 aliphatic heterocycles. The van der Waals surface area contributed by atoms with Crippen LogP contribution in [0.3, 0.4) is 0 Å². The number of nitrogens with one attached hydrogen (secondary N) is 1. The number of aromatic nitrogens is 4. The number of anilines is 1. The summed E-state index contributed by atoms with van der Waals surface area (Å²) in [5.41, 5.74) is 1.59. The molecule has 0 radical (unpaired) electrons. The van der Waals surface area contributed by atoms with Crippen molar-refractivity contribution in [3.63, 3.8) is 0 Å². The van der Waals surface area contributed by atoms with Gasteiger partial charge in [0.25, 0.3) is 0 Å². The van der Waals surface area contributed by atoms with Crippen molar-refractivity contribution in [3.05, 3.63) is 72.6 Å². The number of furan rings is 1. The Balaban J connectivity index is 1.46. The van der Waals surface area contributed by atoms with E-state index in [1.54, 1.807) is 37.8 Å². The quantitative estimate of drug-likeness (QED) is 0.264. The minimum atomic E-state index is -0.210. The Kier molecular flexibility index (Phi) is 7.72. The number of carbonyl (C=O) groups is 1. The maximum Gasteiger partial charge on any atom is 0.237 e. The molecule has 0 aliphatic rings. The van der Waals surface area contributed by atoms with E-state index in [1.807, 2.05) is 41.0 Å². The molecule has 0 bridgehead atoms. The van der Waals surface area contributed by atoms with Gasteiger partial charge in [0.1, 0.15) is 12.3 Å². The van der Waals surface area contributed by atoms with E-state index < -0.39 is 0 Å². The van der Waals surface area contributed by atoms with Crippen LogP contribution in [-0.4, -0.2) is 51.7 Å². The van der Waals surface area contributed by atoms with Crippen LogP contribution in [0.2, 0.25) is 0 Å². The molecule has 0 unspecified atom stereocenters. The fraction of sp³-hybridized carbons (Fsp3) is 0.217. The summed E-state index contributed by atoms with van der Waals surface area (Å²) < 4.78 is 18.0. The molecule has 1 aromatic carbocycles. The highest BCUT2D eigenvalue weighted by Gasteiger charge is 2.18. The number of rotatable bonds is 11. The zero-order valence-electron chi connectivity index (χ0n) is 18.0. The highest BCUT2D eigenvalue weighted by molar-refractivity contribution is 7.99. The Morgan fingerprint density at radius 3 is 2.76 bits per heavy atom. The van der Waals surface area contributed by atoms with E-state index >= 15 is 0 Å². The average Bonchev–Trinajstić information content (AvgIpc) is 3.50. The Morgan fingerprint density at radius 1 is 1.09 bits per heavy atom. The number of carbonyl (C=O) groups excluding carboxylic acids is 1. The first-order valence-electron chi connectivity index (χ1n) is 10.2. The van der Waals surface area contributed by atoms with Gasteiger partial charge in [-0.25, -0.2) is 4.98 Å². The van der Waals surface area contributed by atoms with Crippen molar-refractivity contribution in [1.29, 1.82) is 0 Å². The molecule has 0 aliphatic carbocycles. The van der Waals surface area contributed by atoms with Gasteiger partial charge in [-0.05, 0) is 29.8 Å². The lowest BCUT2D eigenvalue weighted by atomic mass is 10.2. The summed E-state index contributed by atoms with van der Waals surface area (Å²) in [5, 5.41) is 12.1. The van der Waals surface area contributed by atoms with Crippen LogP contribution >= 0.6 is 11.8 Å². The van der Waals surface area contributed by atoms with Gasteiger partial charge in [-0.2, -0.15) is 0 Å². The molecule has 3 aromatic heterocycles. The molecule has 9 nitrogen and oxygen atoms in total. The van der Waals surface area contributed by atoms with Gasteiger partial charge in [-0.3, -0.25) is 9.36 Å². The fourth-order valence-corrected chi connectivity index (χ4v) is 3.77. The molecule has 0 spiro atoms. The molecule has 10 heteroatoms. The second-order valence-electron chi connectivity index (χ2n) is 6.89. The molecule has 4 rings (SSSR count). The number of pyridine rings is 1. The second kappa shape index (κ2) is 11.3. The van der Waals surface area contributed by atoms with Gasteiger partial charge < -0.3 is 19.2 Å². The molecular formula is C23H23N5O4S. The highest BCUT2D eigenvalue weighted by Crippen LogP contribution is 2.26. The lowest BCUT2D eigenvalue weighted by Crippen LogP contribution is -2.16. The molecule has 0 saturated carbocycles. The molecule has 3 heterocycles. The fourth-order valence-electron chi connectivity index (χ4n) is 3.03. The summed E-state index contributed by atoms with van der Waals surface area (Å²) in [6.07, 6.45) is 3.20. The third kappa shape index (κ3) is 5.99. The van der Waals surface area contributed by atoms with E-state index in [9.17, 15) is 4.79 Å². The van der Waals surface area contributed by atoms with E-state index in [-0.39, 0.29) is 11.7 Å². The summed E-state index contributed by atoms with van der Waals surface area (Å²) in [7, 11) is 1.59. The summed E-state index contributed by atoms with van der Waals surface area (Å²) in [6, 6.07) is 17.1. The number of hydrogen-bond acceptors (Lipinski definition) is 8. The van der Waals surface area contributed by atoms with Crippen molar-refractivity contribution in [1.82, 2.24) is 19.7 Å². The summed E-state index contributed by atoms with van der Waals surface area (Å²) in [4.78, 5) is 16.8. The Labute approximate surface area is 195 Å². The number of hydrogen-bond donors (Lipinski definition) is 1. The van der Waals surface area contributed by atoms with Crippen LogP contribution in [0.4, 0.5) is 5.69 Å².